The first-order valence-corrected chi connectivity index (χ1v) is 8.19. The van der Waals surface area contributed by atoms with Crippen molar-refractivity contribution < 1.29 is 40.6 Å². The number of benzene rings is 2. The number of rotatable bonds is 6. The van der Waals surface area contributed by atoms with E-state index >= 15 is 0 Å². The van der Waals surface area contributed by atoms with Gasteiger partial charge in [0.05, 0.1) is 18.2 Å². The summed E-state index contributed by atoms with van der Waals surface area (Å²) in [5.41, 5.74) is -2.31. The summed E-state index contributed by atoms with van der Waals surface area (Å²) >= 11 is 0. The highest BCUT2D eigenvalue weighted by Crippen LogP contribution is 2.38. The average molecular weight is 421 g/mol. The molecule has 0 radical (unpaired) electrons. The lowest BCUT2D eigenvalue weighted by Gasteiger charge is -2.19. The zero-order chi connectivity index (χ0) is 21.8. The molecule has 0 aliphatic heterocycles. The summed E-state index contributed by atoms with van der Waals surface area (Å²) in [6, 6.07) is 7.67. The minimum Gasteiger partial charge on any atom is -0.497 e. The van der Waals surface area contributed by atoms with Crippen molar-refractivity contribution in [2.24, 2.45) is 0 Å². The van der Waals surface area contributed by atoms with Crippen LogP contribution in [0.1, 0.15) is 16.7 Å². The Hall–Kier alpha value is -2.91. The van der Waals surface area contributed by atoms with Crippen LogP contribution in [-0.4, -0.2) is 31.6 Å². The highest BCUT2D eigenvalue weighted by atomic mass is 19.4. The second-order valence-corrected chi connectivity index (χ2v) is 6.13. The number of halogens is 6. The Balaban J connectivity index is 2.10. The summed E-state index contributed by atoms with van der Waals surface area (Å²) in [4.78, 5) is 13.4. The van der Waals surface area contributed by atoms with Gasteiger partial charge in [-0.3, -0.25) is 4.79 Å². The highest BCUT2D eigenvalue weighted by molar-refractivity contribution is 5.77. The van der Waals surface area contributed by atoms with E-state index in [-0.39, 0.29) is 12.6 Å². The zero-order valence-corrected chi connectivity index (χ0v) is 15.4. The predicted octanol–water partition coefficient (Wildman–Crippen LogP) is 4.77. The lowest BCUT2D eigenvalue weighted by molar-refractivity contribution is -0.143. The van der Waals surface area contributed by atoms with Crippen LogP contribution >= 0.6 is 0 Å². The van der Waals surface area contributed by atoms with E-state index in [4.69, 9.17) is 9.47 Å². The Bertz CT molecular complexity index is 832. The number of methoxy groups -OCH3 is 1. The summed E-state index contributed by atoms with van der Waals surface area (Å²) in [5, 5.41) is 0. The lowest BCUT2D eigenvalue weighted by Crippen LogP contribution is -2.31. The molecule has 4 nitrogen and oxygen atoms in total. The first-order chi connectivity index (χ1) is 13.4. The summed E-state index contributed by atoms with van der Waals surface area (Å²) in [7, 11) is 2.91. The molecule has 29 heavy (non-hydrogen) atoms. The second-order valence-electron chi connectivity index (χ2n) is 6.13. The molecule has 2 aromatic rings. The third-order valence-corrected chi connectivity index (χ3v) is 3.90. The maximum Gasteiger partial charge on any atom is 0.416 e. The van der Waals surface area contributed by atoms with Crippen molar-refractivity contribution in [3.05, 3.63) is 59.2 Å². The van der Waals surface area contributed by atoms with Gasteiger partial charge in [0.2, 0.25) is 0 Å². The number of hydrogen-bond donors (Lipinski definition) is 0. The SMILES string of the molecule is COc1cccc(CN(C)C(=O)COc2cc(C(F)(F)F)cc(C(F)(F)F)c2)c1. The van der Waals surface area contributed by atoms with Gasteiger partial charge in [-0.1, -0.05) is 12.1 Å². The van der Waals surface area contributed by atoms with Gasteiger partial charge in [0, 0.05) is 13.6 Å². The molecule has 2 rings (SSSR count). The number of carbonyl (C=O) groups is 1. The van der Waals surface area contributed by atoms with Crippen molar-refractivity contribution in [1.29, 1.82) is 0 Å². The van der Waals surface area contributed by atoms with Gasteiger partial charge < -0.3 is 14.4 Å². The number of alkyl halides is 6. The van der Waals surface area contributed by atoms with E-state index in [2.05, 4.69) is 0 Å². The van der Waals surface area contributed by atoms with E-state index in [0.29, 0.717) is 17.9 Å². The van der Waals surface area contributed by atoms with E-state index in [0.717, 1.165) is 5.56 Å². The van der Waals surface area contributed by atoms with Gasteiger partial charge in [0.15, 0.2) is 6.61 Å². The van der Waals surface area contributed by atoms with Crippen LogP contribution in [0, 0.1) is 0 Å². The Morgan fingerprint density at radius 3 is 2.03 bits per heavy atom. The largest absolute Gasteiger partial charge is 0.497 e. The third kappa shape index (κ3) is 6.30. The molecule has 0 atom stereocenters. The summed E-state index contributed by atoms with van der Waals surface area (Å²) in [6.07, 6.45) is -9.99. The predicted molar refractivity (Wildman–Crippen MR) is 91.4 cm³/mol. The molecule has 0 aliphatic carbocycles. The number of amides is 1. The fraction of sp³-hybridized carbons (Fsp3) is 0.316. The van der Waals surface area contributed by atoms with Crippen LogP contribution in [0.15, 0.2) is 42.5 Å². The molecule has 0 bridgehead atoms. The molecule has 0 N–H and O–H groups in total. The molecule has 0 fully saturated rings. The minimum atomic E-state index is -4.99. The quantitative estimate of drug-likeness (QED) is 0.631. The van der Waals surface area contributed by atoms with Crippen molar-refractivity contribution in [1.82, 2.24) is 4.90 Å². The van der Waals surface area contributed by atoms with E-state index in [1.165, 1.54) is 19.1 Å². The molecule has 0 saturated carbocycles. The van der Waals surface area contributed by atoms with Crippen LogP contribution in [0.25, 0.3) is 0 Å². The topological polar surface area (TPSA) is 38.8 Å². The molecule has 1 amide bonds. The number of ether oxygens (including phenoxy) is 2. The molecule has 0 unspecified atom stereocenters. The minimum absolute atomic E-state index is 0.0103. The molecule has 0 heterocycles. The van der Waals surface area contributed by atoms with Crippen molar-refractivity contribution in [3.63, 3.8) is 0 Å². The van der Waals surface area contributed by atoms with Crippen LogP contribution in [0.4, 0.5) is 26.3 Å². The molecule has 0 spiro atoms. The Morgan fingerprint density at radius 2 is 1.52 bits per heavy atom. The fourth-order valence-electron chi connectivity index (χ4n) is 2.40. The fourth-order valence-corrected chi connectivity index (χ4v) is 2.40. The Kier molecular flexibility index (Phi) is 6.66. The summed E-state index contributed by atoms with van der Waals surface area (Å²) < 4.78 is 87.1. The second kappa shape index (κ2) is 8.62. The van der Waals surface area contributed by atoms with Gasteiger partial charge >= 0.3 is 12.4 Å². The van der Waals surface area contributed by atoms with Gasteiger partial charge in [-0.05, 0) is 35.9 Å². The standard InChI is InChI=1S/C19H17F6NO3/c1-26(10-12-4-3-5-15(6-12)28-2)17(27)11-29-16-8-13(18(20,21)22)7-14(9-16)19(23,24)25/h3-9H,10-11H2,1-2H3. The molecule has 158 valence electrons. The summed E-state index contributed by atoms with van der Waals surface area (Å²) in [5.74, 6) is -0.752. The first kappa shape index (κ1) is 22.4. The average Bonchev–Trinajstić information content (AvgIpc) is 2.64. The number of nitrogens with zero attached hydrogens (tertiary/aromatic N) is 1. The highest BCUT2D eigenvalue weighted by Gasteiger charge is 2.37. The number of carbonyl (C=O) groups excluding carboxylic acids is 1. The Morgan fingerprint density at radius 1 is 0.931 bits per heavy atom. The molecule has 10 heteroatoms. The molecule has 0 aliphatic rings. The number of likely N-dealkylation sites (N-methyl/N-ethyl adjacent to an activating group) is 1. The van der Waals surface area contributed by atoms with Crippen LogP contribution in [0.5, 0.6) is 11.5 Å². The van der Waals surface area contributed by atoms with Crippen molar-refractivity contribution in [3.8, 4) is 11.5 Å². The van der Waals surface area contributed by atoms with Crippen LogP contribution in [-0.2, 0) is 23.7 Å². The first-order valence-electron chi connectivity index (χ1n) is 8.19. The third-order valence-electron chi connectivity index (χ3n) is 3.90. The van der Waals surface area contributed by atoms with Crippen LogP contribution in [0.3, 0.4) is 0 Å². The zero-order valence-electron chi connectivity index (χ0n) is 15.4. The van der Waals surface area contributed by atoms with Crippen molar-refractivity contribution >= 4 is 5.91 Å². The van der Waals surface area contributed by atoms with E-state index in [1.807, 2.05) is 0 Å². The maximum absolute atomic E-state index is 12.9. The van der Waals surface area contributed by atoms with Crippen molar-refractivity contribution in [2.75, 3.05) is 20.8 Å². The molecular weight excluding hydrogens is 404 g/mol. The molecule has 0 saturated heterocycles. The maximum atomic E-state index is 12.9. The Labute approximate surface area is 162 Å². The van der Waals surface area contributed by atoms with Gasteiger partial charge in [-0.25, -0.2) is 0 Å². The van der Waals surface area contributed by atoms with E-state index < -0.39 is 41.7 Å². The van der Waals surface area contributed by atoms with Crippen LogP contribution in [0.2, 0.25) is 0 Å². The van der Waals surface area contributed by atoms with E-state index in [9.17, 15) is 31.1 Å². The normalized spacial score (nSPS) is 11.9. The monoisotopic (exact) mass is 421 g/mol. The van der Waals surface area contributed by atoms with Crippen molar-refractivity contribution in [2.45, 2.75) is 18.9 Å². The summed E-state index contributed by atoms with van der Waals surface area (Å²) in [6.45, 7) is -0.575. The van der Waals surface area contributed by atoms with E-state index in [1.54, 1.807) is 24.3 Å². The van der Waals surface area contributed by atoms with Crippen LogP contribution < -0.4 is 9.47 Å². The number of hydrogen-bond acceptors (Lipinski definition) is 3. The van der Waals surface area contributed by atoms with Gasteiger partial charge in [-0.15, -0.1) is 0 Å². The smallest absolute Gasteiger partial charge is 0.416 e. The molecular formula is C19H17F6NO3. The van der Waals surface area contributed by atoms with Gasteiger partial charge in [-0.2, -0.15) is 26.3 Å². The van der Waals surface area contributed by atoms with Gasteiger partial charge in [0.25, 0.3) is 5.91 Å². The molecule has 2 aromatic carbocycles. The molecule has 0 aromatic heterocycles. The van der Waals surface area contributed by atoms with Gasteiger partial charge in [0.1, 0.15) is 11.5 Å². The lowest BCUT2D eigenvalue weighted by atomic mass is 10.1.